The molecule has 0 aliphatic carbocycles. The van der Waals surface area contributed by atoms with Crippen LogP contribution in [0.3, 0.4) is 0 Å². The normalized spacial score (nSPS) is 11.4. The van der Waals surface area contributed by atoms with Gasteiger partial charge in [0.15, 0.2) is 0 Å². The molecule has 1 aromatic carbocycles. The monoisotopic (exact) mass is 264 g/mol. The molecule has 0 bridgehead atoms. The van der Waals surface area contributed by atoms with Crippen molar-refractivity contribution in [2.24, 2.45) is 0 Å². The van der Waals surface area contributed by atoms with Crippen molar-refractivity contribution in [1.82, 2.24) is 0 Å². The van der Waals surface area contributed by atoms with Crippen molar-refractivity contribution < 1.29 is 19.1 Å². The Morgan fingerprint density at radius 1 is 1.37 bits per heavy atom. The number of carbonyl (C=O) groups excluding carboxylic acids is 2. The second-order valence-electron chi connectivity index (χ2n) is 3.89. The van der Waals surface area contributed by atoms with Crippen molar-refractivity contribution in [1.29, 1.82) is 0 Å². The number of rotatable bonds is 5. The molecule has 0 amide bonds. The van der Waals surface area contributed by atoms with E-state index < -0.39 is 18.0 Å². The van der Waals surface area contributed by atoms with Crippen LogP contribution in [-0.4, -0.2) is 24.6 Å². The summed E-state index contributed by atoms with van der Waals surface area (Å²) in [5.74, 6) is -1.13. The number of esters is 2. The van der Waals surface area contributed by atoms with Crippen LogP contribution >= 0.6 is 0 Å². The predicted octanol–water partition coefficient (Wildman–Crippen LogP) is 1.13. The van der Waals surface area contributed by atoms with Gasteiger partial charge in [0.05, 0.1) is 16.9 Å². The van der Waals surface area contributed by atoms with Crippen molar-refractivity contribution in [3.05, 3.63) is 36.4 Å². The molecule has 6 nitrogen and oxygen atoms in total. The maximum absolute atomic E-state index is 11.7. The van der Waals surface area contributed by atoms with Crippen molar-refractivity contribution in [3.8, 4) is 0 Å². The first-order valence-electron chi connectivity index (χ1n) is 5.59. The van der Waals surface area contributed by atoms with Gasteiger partial charge in [-0.05, 0) is 25.1 Å². The highest BCUT2D eigenvalue weighted by molar-refractivity contribution is 5.91. The van der Waals surface area contributed by atoms with E-state index in [9.17, 15) is 9.59 Å². The molecular formula is C13H16N2O4. The minimum absolute atomic E-state index is 0.0529. The van der Waals surface area contributed by atoms with Gasteiger partial charge in [0.2, 0.25) is 0 Å². The molecule has 0 aliphatic heterocycles. The zero-order valence-electron chi connectivity index (χ0n) is 10.6. The average Bonchev–Trinajstić information content (AvgIpc) is 2.39. The van der Waals surface area contributed by atoms with Gasteiger partial charge in [-0.15, -0.1) is 0 Å². The fraction of sp³-hybridized carbons (Fsp3) is 0.231. The highest BCUT2D eigenvalue weighted by Gasteiger charge is 2.12. The van der Waals surface area contributed by atoms with Gasteiger partial charge in [-0.3, -0.25) is 0 Å². The Kier molecular flexibility index (Phi) is 4.93. The van der Waals surface area contributed by atoms with Crippen LogP contribution in [0, 0.1) is 0 Å². The number of nitrogens with two attached hydrogens (primary N) is 2. The van der Waals surface area contributed by atoms with Crippen LogP contribution in [0.25, 0.3) is 0 Å². The first-order valence-corrected chi connectivity index (χ1v) is 5.59. The Bertz CT molecular complexity index is 499. The van der Waals surface area contributed by atoms with E-state index in [4.69, 9.17) is 20.9 Å². The smallest absolute Gasteiger partial charge is 0.338 e. The molecule has 0 saturated heterocycles. The minimum atomic E-state index is -0.569. The zero-order chi connectivity index (χ0) is 14.4. The van der Waals surface area contributed by atoms with E-state index >= 15 is 0 Å². The van der Waals surface area contributed by atoms with E-state index in [-0.39, 0.29) is 12.2 Å². The number of nitrogen functional groups attached to an aromatic ring is 2. The van der Waals surface area contributed by atoms with Crippen LogP contribution in [0.2, 0.25) is 0 Å². The fourth-order valence-corrected chi connectivity index (χ4v) is 1.26. The molecular weight excluding hydrogens is 248 g/mol. The second-order valence-corrected chi connectivity index (χ2v) is 3.89. The molecule has 0 fully saturated rings. The molecule has 0 saturated carbocycles. The summed E-state index contributed by atoms with van der Waals surface area (Å²) in [6.45, 7) is 4.82. The van der Waals surface area contributed by atoms with E-state index in [0.717, 1.165) is 6.08 Å². The van der Waals surface area contributed by atoms with E-state index in [1.807, 2.05) is 0 Å². The lowest BCUT2D eigenvalue weighted by atomic mass is 10.2. The Labute approximate surface area is 111 Å². The van der Waals surface area contributed by atoms with Gasteiger partial charge in [-0.2, -0.15) is 0 Å². The number of hydrogen-bond donors (Lipinski definition) is 2. The van der Waals surface area contributed by atoms with Gasteiger partial charge in [-0.25, -0.2) is 9.59 Å². The Morgan fingerprint density at radius 2 is 2.05 bits per heavy atom. The molecule has 6 heteroatoms. The highest BCUT2D eigenvalue weighted by atomic mass is 16.6. The van der Waals surface area contributed by atoms with Crippen molar-refractivity contribution in [2.75, 3.05) is 18.1 Å². The standard InChI is InChI=1S/C13H16N2O4/c1-3-12(16)19-8(2)7-18-13(17)9-4-5-10(14)11(15)6-9/h3-6,8H,1,7,14-15H2,2H3. The van der Waals surface area contributed by atoms with E-state index in [1.165, 1.54) is 18.2 Å². The molecule has 0 radical (unpaired) electrons. The molecule has 4 N–H and O–H groups in total. The number of anilines is 2. The fourth-order valence-electron chi connectivity index (χ4n) is 1.26. The third kappa shape index (κ3) is 4.34. The molecule has 0 aromatic heterocycles. The Hall–Kier alpha value is -2.50. The van der Waals surface area contributed by atoms with Crippen LogP contribution in [0.15, 0.2) is 30.9 Å². The molecule has 1 atom stereocenters. The van der Waals surface area contributed by atoms with Crippen LogP contribution in [0.5, 0.6) is 0 Å². The van der Waals surface area contributed by atoms with Crippen molar-refractivity contribution >= 4 is 23.3 Å². The van der Waals surface area contributed by atoms with Crippen molar-refractivity contribution in [3.63, 3.8) is 0 Å². The lowest BCUT2D eigenvalue weighted by Gasteiger charge is -2.12. The summed E-state index contributed by atoms with van der Waals surface area (Å²) in [5.41, 5.74) is 12.1. The third-order valence-electron chi connectivity index (χ3n) is 2.26. The Morgan fingerprint density at radius 3 is 2.63 bits per heavy atom. The summed E-state index contributed by atoms with van der Waals surface area (Å²) in [4.78, 5) is 22.6. The topological polar surface area (TPSA) is 105 Å². The lowest BCUT2D eigenvalue weighted by Crippen LogP contribution is -2.21. The van der Waals surface area contributed by atoms with Crippen molar-refractivity contribution in [2.45, 2.75) is 13.0 Å². The van der Waals surface area contributed by atoms with Gasteiger partial charge in [0, 0.05) is 6.08 Å². The van der Waals surface area contributed by atoms with Gasteiger partial charge < -0.3 is 20.9 Å². The molecule has 1 unspecified atom stereocenters. The van der Waals surface area contributed by atoms with Gasteiger partial charge in [0.1, 0.15) is 12.7 Å². The molecule has 19 heavy (non-hydrogen) atoms. The van der Waals surface area contributed by atoms with E-state index in [2.05, 4.69) is 6.58 Å². The molecule has 0 spiro atoms. The highest BCUT2D eigenvalue weighted by Crippen LogP contribution is 2.16. The molecule has 0 heterocycles. The minimum Gasteiger partial charge on any atom is -0.458 e. The number of hydrogen-bond acceptors (Lipinski definition) is 6. The quantitative estimate of drug-likeness (QED) is 0.469. The summed E-state index contributed by atoms with van der Waals surface area (Å²) in [6.07, 6.45) is 0.486. The second kappa shape index (κ2) is 6.44. The molecule has 0 aliphatic rings. The van der Waals surface area contributed by atoms with Gasteiger partial charge in [0.25, 0.3) is 0 Å². The predicted molar refractivity (Wildman–Crippen MR) is 71.3 cm³/mol. The first-order chi connectivity index (χ1) is 8.93. The summed E-state index contributed by atoms with van der Waals surface area (Å²) in [5, 5.41) is 0. The lowest BCUT2D eigenvalue weighted by molar-refractivity contribution is -0.144. The zero-order valence-corrected chi connectivity index (χ0v) is 10.6. The number of carbonyl (C=O) groups is 2. The van der Waals surface area contributed by atoms with E-state index in [0.29, 0.717) is 11.4 Å². The van der Waals surface area contributed by atoms with Crippen LogP contribution in [0.1, 0.15) is 17.3 Å². The maximum atomic E-state index is 11.7. The maximum Gasteiger partial charge on any atom is 0.338 e. The average molecular weight is 264 g/mol. The van der Waals surface area contributed by atoms with Gasteiger partial charge in [-0.1, -0.05) is 6.58 Å². The van der Waals surface area contributed by atoms with E-state index in [1.54, 1.807) is 6.92 Å². The Balaban J connectivity index is 2.53. The van der Waals surface area contributed by atoms with Crippen LogP contribution < -0.4 is 11.5 Å². The third-order valence-corrected chi connectivity index (χ3v) is 2.26. The number of ether oxygens (including phenoxy) is 2. The summed E-state index contributed by atoms with van der Waals surface area (Å²) < 4.78 is 9.83. The summed E-state index contributed by atoms with van der Waals surface area (Å²) in [7, 11) is 0. The SMILES string of the molecule is C=CC(=O)OC(C)COC(=O)c1ccc(N)c(N)c1. The first kappa shape index (κ1) is 14.6. The summed E-state index contributed by atoms with van der Waals surface area (Å²) in [6, 6.07) is 4.46. The van der Waals surface area contributed by atoms with Crippen LogP contribution in [0.4, 0.5) is 11.4 Å². The largest absolute Gasteiger partial charge is 0.458 e. The molecule has 1 aromatic rings. The number of benzene rings is 1. The van der Waals surface area contributed by atoms with Crippen LogP contribution in [-0.2, 0) is 14.3 Å². The molecule has 102 valence electrons. The summed E-state index contributed by atoms with van der Waals surface area (Å²) >= 11 is 0. The van der Waals surface area contributed by atoms with Gasteiger partial charge >= 0.3 is 11.9 Å². The molecule has 1 rings (SSSR count).